The van der Waals surface area contributed by atoms with Crippen molar-refractivity contribution in [1.29, 1.82) is 0 Å². The first-order chi connectivity index (χ1) is 19.8. The van der Waals surface area contributed by atoms with Crippen molar-refractivity contribution in [3.05, 3.63) is 79.6 Å². The first kappa shape index (κ1) is 30.8. The lowest BCUT2D eigenvalue weighted by atomic mass is 9.63. The minimum atomic E-state index is -0.475. The zero-order chi connectivity index (χ0) is 30.4. The SMILES string of the molecule is COCCN1C2=C(C(=O)CC(C)(C)C2)C(c2cc(Br)c(OCc3ccc(Cl)cc3)c(OC)c2)C2=C1CC(C)(C)CC2=O. The fourth-order valence-electron chi connectivity index (χ4n) is 6.62. The summed E-state index contributed by atoms with van der Waals surface area (Å²) in [4.78, 5) is 30.3. The first-order valence-corrected chi connectivity index (χ1v) is 15.5. The highest BCUT2D eigenvalue weighted by molar-refractivity contribution is 9.10. The summed E-state index contributed by atoms with van der Waals surface area (Å²) >= 11 is 9.77. The van der Waals surface area contributed by atoms with Gasteiger partial charge in [-0.1, -0.05) is 51.4 Å². The number of carbonyl (C=O) groups is 2. The maximum Gasteiger partial charge on any atom is 0.175 e. The Labute approximate surface area is 262 Å². The van der Waals surface area contributed by atoms with E-state index < -0.39 is 5.92 Å². The Morgan fingerprint density at radius 2 is 1.48 bits per heavy atom. The third-order valence-corrected chi connectivity index (χ3v) is 9.26. The van der Waals surface area contributed by atoms with Crippen LogP contribution in [0.3, 0.4) is 0 Å². The van der Waals surface area contributed by atoms with Gasteiger partial charge in [-0.2, -0.15) is 0 Å². The van der Waals surface area contributed by atoms with E-state index >= 15 is 0 Å². The third kappa shape index (κ3) is 6.06. The van der Waals surface area contributed by atoms with Crippen molar-refractivity contribution in [3.63, 3.8) is 0 Å². The van der Waals surface area contributed by atoms with E-state index in [1.54, 1.807) is 14.2 Å². The van der Waals surface area contributed by atoms with Gasteiger partial charge in [-0.25, -0.2) is 0 Å². The van der Waals surface area contributed by atoms with Crippen LogP contribution in [0.25, 0.3) is 0 Å². The maximum absolute atomic E-state index is 14.0. The van der Waals surface area contributed by atoms with Crippen LogP contribution in [-0.2, 0) is 20.9 Å². The molecule has 6 nitrogen and oxygen atoms in total. The molecular formula is C34H39BrClNO5. The quantitative estimate of drug-likeness (QED) is 0.287. The second-order valence-corrected chi connectivity index (χ2v) is 14.4. The molecule has 1 aliphatic heterocycles. The van der Waals surface area contributed by atoms with Crippen LogP contribution in [0.1, 0.15) is 70.4 Å². The molecular weight excluding hydrogens is 618 g/mol. The molecule has 2 aliphatic carbocycles. The molecule has 1 heterocycles. The van der Waals surface area contributed by atoms with E-state index in [0.717, 1.165) is 46.5 Å². The van der Waals surface area contributed by atoms with E-state index in [0.29, 0.717) is 53.6 Å². The molecule has 42 heavy (non-hydrogen) atoms. The molecule has 0 unspecified atom stereocenters. The average molecular weight is 657 g/mol. The van der Waals surface area contributed by atoms with Crippen molar-refractivity contribution in [2.45, 2.75) is 65.9 Å². The Hall–Kier alpha value is -2.61. The maximum atomic E-state index is 14.0. The highest BCUT2D eigenvalue weighted by atomic mass is 79.9. The molecule has 0 atom stereocenters. The summed E-state index contributed by atoms with van der Waals surface area (Å²) in [5, 5.41) is 0.666. The van der Waals surface area contributed by atoms with Crippen molar-refractivity contribution in [3.8, 4) is 11.5 Å². The predicted octanol–water partition coefficient (Wildman–Crippen LogP) is 8.02. The van der Waals surface area contributed by atoms with E-state index in [2.05, 4.69) is 48.5 Å². The Kier molecular flexibility index (Phi) is 8.68. The van der Waals surface area contributed by atoms with E-state index in [1.165, 1.54) is 0 Å². The average Bonchev–Trinajstić information content (AvgIpc) is 2.90. The molecule has 0 radical (unpaired) electrons. The van der Waals surface area contributed by atoms with E-state index in [1.807, 2.05) is 36.4 Å². The summed E-state index contributed by atoms with van der Waals surface area (Å²) in [6.07, 6.45) is 2.37. The van der Waals surface area contributed by atoms with Gasteiger partial charge in [0.2, 0.25) is 0 Å². The van der Waals surface area contributed by atoms with Crippen molar-refractivity contribution in [2.24, 2.45) is 10.8 Å². The predicted molar refractivity (Wildman–Crippen MR) is 168 cm³/mol. The highest BCUT2D eigenvalue weighted by Crippen LogP contribution is 2.55. The molecule has 0 fully saturated rings. The molecule has 2 aromatic carbocycles. The number of methoxy groups -OCH3 is 2. The third-order valence-electron chi connectivity index (χ3n) is 8.42. The van der Waals surface area contributed by atoms with Crippen molar-refractivity contribution in [1.82, 2.24) is 4.90 Å². The molecule has 0 saturated carbocycles. The Morgan fingerprint density at radius 1 is 0.905 bits per heavy atom. The molecule has 0 saturated heterocycles. The minimum Gasteiger partial charge on any atom is -0.493 e. The number of hydrogen-bond donors (Lipinski definition) is 0. The molecule has 224 valence electrons. The van der Waals surface area contributed by atoms with Crippen LogP contribution < -0.4 is 9.47 Å². The van der Waals surface area contributed by atoms with Crippen molar-refractivity contribution in [2.75, 3.05) is 27.4 Å². The number of carbonyl (C=O) groups excluding carboxylic acids is 2. The number of nitrogens with zero attached hydrogens (tertiary/aromatic N) is 1. The summed E-state index contributed by atoms with van der Waals surface area (Å²) in [6.45, 7) is 10.00. The van der Waals surface area contributed by atoms with Gasteiger partial charge in [0, 0.05) is 60.0 Å². The topological polar surface area (TPSA) is 65.1 Å². The van der Waals surface area contributed by atoms with Crippen LogP contribution in [0.4, 0.5) is 0 Å². The molecule has 0 N–H and O–H groups in total. The normalized spacial score (nSPS) is 20.0. The fraction of sp³-hybridized carbons (Fsp3) is 0.471. The molecule has 3 aliphatic rings. The van der Waals surface area contributed by atoms with Gasteiger partial charge < -0.3 is 19.1 Å². The molecule has 5 rings (SSSR count). The summed E-state index contributed by atoms with van der Waals surface area (Å²) in [7, 11) is 3.29. The second-order valence-electron chi connectivity index (χ2n) is 13.1. The number of Topliss-reactive ketones (excluding diaryl/α,β-unsaturated/α-hetero) is 2. The standard InChI is InChI=1S/C34H39BrClNO5/c1-33(2)15-24-30(26(38)17-33)29(31-25(37(24)11-12-40-5)16-34(3,4)18-27(31)39)21-13-23(35)32(28(14-21)41-6)42-19-20-7-9-22(36)10-8-20/h7-10,13-14,29H,11-12,15-19H2,1-6H3. The zero-order valence-electron chi connectivity index (χ0n) is 25.2. The lowest BCUT2D eigenvalue weighted by Crippen LogP contribution is -2.45. The summed E-state index contributed by atoms with van der Waals surface area (Å²) in [6, 6.07) is 11.4. The number of ketones is 2. The second kappa shape index (κ2) is 11.8. The van der Waals surface area contributed by atoms with Gasteiger partial charge in [0.15, 0.2) is 23.1 Å². The van der Waals surface area contributed by atoms with Crippen molar-refractivity contribution >= 4 is 39.1 Å². The Balaban J connectivity index is 1.65. The fourth-order valence-corrected chi connectivity index (χ4v) is 7.32. The van der Waals surface area contributed by atoms with Crippen LogP contribution in [0.15, 0.2) is 63.4 Å². The van der Waals surface area contributed by atoms with Gasteiger partial charge in [-0.15, -0.1) is 0 Å². The van der Waals surface area contributed by atoms with Gasteiger partial charge in [0.25, 0.3) is 0 Å². The first-order valence-electron chi connectivity index (χ1n) is 14.4. The van der Waals surface area contributed by atoms with Crippen LogP contribution in [0.2, 0.25) is 5.02 Å². The summed E-state index contributed by atoms with van der Waals surface area (Å²) in [5.41, 5.74) is 4.91. The largest absolute Gasteiger partial charge is 0.493 e. The van der Waals surface area contributed by atoms with Crippen LogP contribution in [-0.4, -0.2) is 43.8 Å². The number of benzene rings is 2. The van der Waals surface area contributed by atoms with Gasteiger partial charge in [0.1, 0.15) is 6.61 Å². The number of hydrogen-bond acceptors (Lipinski definition) is 6. The molecule has 0 aromatic heterocycles. The molecule has 8 heteroatoms. The van der Waals surface area contributed by atoms with Crippen LogP contribution >= 0.6 is 27.5 Å². The van der Waals surface area contributed by atoms with E-state index in [9.17, 15) is 9.59 Å². The smallest absolute Gasteiger partial charge is 0.175 e. The Morgan fingerprint density at radius 3 is 2.00 bits per heavy atom. The van der Waals surface area contributed by atoms with E-state index in [-0.39, 0.29) is 22.4 Å². The monoisotopic (exact) mass is 655 g/mol. The summed E-state index contributed by atoms with van der Waals surface area (Å²) in [5.74, 6) is 0.805. The molecule has 0 spiro atoms. The van der Waals surface area contributed by atoms with Crippen molar-refractivity contribution < 1.29 is 23.8 Å². The van der Waals surface area contributed by atoms with Crippen LogP contribution in [0, 0.1) is 10.8 Å². The lowest BCUT2D eigenvalue weighted by Gasteiger charge is -2.49. The van der Waals surface area contributed by atoms with Gasteiger partial charge in [-0.3, -0.25) is 9.59 Å². The zero-order valence-corrected chi connectivity index (χ0v) is 27.6. The van der Waals surface area contributed by atoms with Gasteiger partial charge >= 0.3 is 0 Å². The highest BCUT2D eigenvalue weighted by Gasteiger charge is 2.49. The lowest BCUT2D eigenvalue weighted by molar-refractivity contribution is -0.119. The van der Waals surface area contributed by atoms with Gasteiger partial charge in [-0.05, 0) is 75.0 Å². The Bertz CT molecular complexity index is 1420. The molecule has 0 bridgehead atoms. The van der Waals surface area contributed by atoms with E-state index in [4.69, 9.17) is 25.8 Å². The summed E-state index contributed by atoms with van der Waals surface area (Å²) < 4.78 is 18.2. The molecule has 2 aromatic rings. The van der Waals surface area contributed by atoms with Crippen LogP contribution in [0.5, 0.6) is 11.5 Å². The number of rotatable bonds is 8. The number of allylic oxidation sites excluding steroid dienone is 4. The molecule has 0 amide bonds. The minimum absolute atomic E-state index is 0.0935. The number of ether oxygens (including phenoxy) is 3. The van der Waals surface area contributed by atoms with Gasteiger partial charge in [0.05, 0.1) is 18.2 Å². The number of halogens is 2.